The molecule has 0 amide bonds. The summed E-state index contributed by atoms with van der Waals surface area (Å²) in [6.45, 7) is -0.354. The highest BCUT2D eigenvalue weighted by Gasteiger charge is 2.50. The van der Waals surface area contributed by atoms with Crippen LogP contribution in [-0.4, -0.2) is 134 Å². The molecule has 13 heteroatoms. The van der Waals surface area contributed by atoms with E-state index in [1.807, 2.05) is 0 Å². The number of aliphatic hydroxyl groups is 8. The minimum atomic E-state index is -1.78. The van der Waals surface area contributed by atoms with Crippen LogP contribution in [0.2, 0.25) is 0 Å². The van der Waals surface area contributed by atoms with E-state index in [1.165, 1.54) is 6.92 Å². The first-order chi connectivity index (χ1) is 13.6. The van der Waals surface area contributed by atoms with Crippen LogP contribution in [-0.2, 0) is 23.7 Å². The van der Waals surface area contributed by atoms with E-state index in [9.17, 15) is 40.5 Å². The lowest BCUT2D eigenvalue weighted by molar-refractivity contribution is -0.355. The van der Waals surface area contributed by atoms with Crippen molar-refractivity contribution in [2.45, 2.75) is 74.4 Å². The molecule has 0 spiro atoms. The molecule has 13 nitrogen and oxygen atoms in total. The van der Waals surface area contributed by atoms with E-state index in [1.54, 1.807) is 0 Å². The fourth-order valence-corrected chi connectivity index (χ4v) is 2.95. The summed E-state index contributed by atoms with van der Waals surface area (Å²) in [5.74, 6) is -0.621. The smallest absolute Gasteiger partial charge is 0.187 e. The van der Waals surface area contributed by atoms with Crippen molar-refractivity contribution in [2.75, 3.05) is 19.8 Å². The van der Waals surface area contributed by atoms with Gasteiger partial charge in [0.2, 0.25) is 0 Å². The molecule has 2 aliphatic rings. The van der Waals surface area contributed by atoms with Gasteiger partial charge in [-0.05, 0) is 6.92 Å². The fourth-order valence-electron chi connectivity index (χ4n) is 2.95. The maximum Gasteiger partial charge on any atom is 0.187 e. The highest BCUT2D eigenvalue weighted by molar-refractivity contribution is 5.83. The second kappa shape index (κ2) is 10.5. The maximum atomic E-state index is 11.4. The molecule has 0 aromatic heterocycles. The van der Waals surface area contributed by atoms with Crippen molar-refractivity contribution in [3.05, 3.63) is 0 Å². The van der Waals surface area contributed by atoms with Gasteiger partial charge in [-0.3, -0.25) is 4.79 Å². The topological polar surface area (TPSA) is 216 Å². The van der Waals surface area contributed by atoms with Gasteiger partial charge in [0, 0.05) is 0 Å². The molecule has 0 saturated carbocycles. The van der Waals surface area contributed by atoms with Crippen molar-refractivity contribution in [1.82, 2.24) is 0 Å². The predicted octanol–water partition coefficient (Wildman–Crippen LogP) is -5.42. The van der Waals surface area contributed by atoms with Gasteiger partial charge >= 0.3 is 0 Å². The number of hydrogen-bond donors (Lipinski definition) is 8. The molecule has 0 bridgehead atoms. The van der Waals surface area contributed by atoms with Gasteiger partial charge < -0.3 is 59.8 Å². The average molecular weight is 428 g/mol. The van der Waals surface area contributed by atoms with Crippen LogP contribution in [0.15, 0.2) is 0 Å². The first-order valence-electron chi connectivity index (χ1n) is 9.02. The van der Waals surface area contributed by atoms with Crippen molar-refractivity contribution < 1.29 is 64.6 Å². The van der Waals surface area contributed by atoms with Gasteiger partial charge in [0.1, 0.15) is 61.5 Å². The maximum absolute atomic E-state index is 11.4. The number of ketones is 1. The number of ether oxygens (including phenoxy) is 4. The van der Waals surface area contributed by atoms with Crippen LogP contribution in [0.3, 0.4) is 0 Å². The zero-order valence-corrected chi connectivity index (χ0v) is 15.6. The Labute approximate surface area is 165 Å². The molecule has 0 aromatic carbocycles. The largest absolute Gasteiger partial charge is 0.394 e. The predicted molar refractivity (Wildman–Crippen MR) is 89.0 cm³/mol. The highest BCUT2D eigenvalue weighted by Crippen LogP contribution is 2.28. The molecule has 0 aromatic rings. The molecule has 0 aliphatic carbocycles. The zero-order valence-electron chi connectivity index (χ0n) is 15.6. The lowest BCUT2D eigenvalue weighted by Gasteiger charge is -2.45. The van der Waals surface area contributed by atoms with Gasteiger partial charge in [-0.2, -0.15) is 0 Å². The molecule has 11 atom stereocenters. The van der Waals surface area contributed by atoms with E-state index in [0.29, 0.717) is 0 Å². The summed E-state index contributed by atoms with van der Waals surface area (Å²) < 4.78 is 20.7. The monoisotopic (exact) mass is 428 g/mol. The van der Waals surface area contributed by atoms with Crippen molar-refractivity contribution in [3.8, 4) is 0 Å². The van der Waals surface area contributed by atoms with Crippen molar-refractivity contribution in [1.29, 1.82) is 0 Å². The van der Waals surface area contributed by atoms with E-state index < -0.39 is 93.1 Å². The second-order valence-electron chi connectivity index (χ2n) is 7.00. The Balaban J connectivity index is 2.03. The quantitative estimate of drug-likeness (QED) is 0.181. The Morgan fingerprint density at radius 3 is 2.17 bits per heavy atom. The van der Waals surface area contributed by atoms with E-state index in [-0.39, 0.29) is 0 Å². The first-order valence-corrected chi connectivity index (χ1v) is 9.02. The van der Waals surface area contributed by atoms with Crippen LogP contribution in [0.4, 0.5) is 0 Å². The molecule has 29 heavy (non-hydrogen) atoms. The van der Waals surface area contributed by atoms with Gasteiger partial charge in [-0.1, -0.05) is 0 Å². The molecule has 2 rings (SSSR count). The molecule has 2 saturated heterocycles. The van der Waals surface area contributed by atoms with Gasteiger partial charge in [-0.25, -0.2) is 0 Å². The Morgan fingerprint density at radius 1 is 0.931 bits per heavy atom. The minimum absolute atomic E-state index is 0.405. The molecule has 8 N–H and O–H groups in total. The molecule has 2 aliphatic heterocycles. The van der Waals surface area contributed by atoms with Crippen LogP contribution in [0.1, 0.15) is 6.92 Å². The number of carbonyl (C=O) groups is 1. The lowest BCUT2D eigenvalue weighted by Crippen LogP contribution is -2.64. The summed E-state index contributed by atoms with van der Waals surface area (Å²) >= 11 is 0. The van der Waals surface area contributed by atoms with Gasteiger partial charge in [0.05, 0.1) is 13.2 Å². The third kappa shape index (κ3) is 5.66. The number of rotatable bonds is 8. The van der Waals surface area contributed by atoms with Crippen molar-refractivity contribution in [3.63, 3.8) is 0 Å². The Kier molecular flexibility index (Phi) is 8.84. The number of carbonyl (C=O) groups excluding carboxylic acids is 1. The van der Waals surface area contributed by atoms with Gasteiger partial charge in [0.25, 0.3) is 0 Å². The summed E-state index contributed by atoms with van der Waals surface area (Å²) in [4.78, 5) is 11.4. The summed E-state index contributed by atoms with van der Waals surface area (Å²) in [6, 6.07) is 0. The fraction of sp³-hybridized carbons (Fsp3) is 0.938. The van der Waals surface area contributed by atoms with E-state index >= 15 is 0 Å². The van der Waals surface area contributed by atoms with Crippen molar-refractivity contribution in [2.24, 2.45) is 0 Å². The van der Waals surface area contributed by atoms with Gasteiger partial charge in [0.15, 0.2) is 18.4 Å². The molecule has 2 heterocycles. The summed E-state index contributed by atoms with van der Waals surface area (Å²) in [5, 5.41) is 78.0. The molecular weight excluding hydrogens is 400 g/mol. The van der Waals surface area contributed by atoms with E-state index in [2.05, 4.69) is 0 Å². The van der Waals surface area contributed by atoms with E-state index in [0.717, 1.165) is 0 Å². The van der Waals surface area contributed by atoms with Crippen LogP contribution in [0.25, 0.3) is 0 Å². The molecule has 2 fully saturated rings. The molecule has 170 valence electrons. The van der Waals surface area contributed by atoms with Crippen LogP contribution >= 0.6 is 0 Å². The van der Waals surface area contributed by atoms with Gasteiger partial charge in [-0.15, -0.1) is 0 Å². The zero-order chi connectivity index (χ0) is 21.9. The Bertz CT molecular complexity index is 529. The van der Waals surface area contributed by atoms with E-state index in [4.69, 9.17) is 24.1 Å². The SMILES string of the molecule is CC(O)C(=O)COC[C@H]1O[C@@H](O[C@H]2[C@H](O)[C@@H](O)[C@@H](O)O[C@@H]2CO)[C@H](O)[C@@H](O)[C@H]1O. The molecule has 0 radical (unpaired) electrons. The summed E-state index contributed by atoms with van der Waals surface area (Å²) in [7, 11) is 0. The normalized spacial score (nSPS) is 44.4. The Hall–Kier alpha value is -0.810. The third-order valence-corrected chi connectivity index (χ3v) is 4.79. The summed E-state index contributed by atoms with van der Waals surface area (Å²) in [5.41, 5.74) is 0. The summed E-state index contributed by atoms with van der Waals surface area (Å²) in [6.07, 6.45) is -17.3. The highest BCUT2D eigenvalue weighted by atomic mass is 16.7. The number of Topliss-reactive ketones (excluding diaryl/α,β-unsaturated/α-hetero) is 1. The molecule has 1 unspecified atom stereocenters. The third-order valence-electron chi connectivity index (χ3n) is 4.79. The second-order valence-corrected chi connectivity index (χ2v) is 7.00. The first kappa shape index (κ1) is 24.5. The number of aliphatic hydroxyl groups excluding tert-OH is 8. The standard InChI is InChI=1S/C16H28O13/c1-5(18)6(19)3-26-4-8-9(20)10(21)13(24)16(28-8)29-14-7(2-17)27-15(25)12(23)11(14)22/h5,7-18,20-25H,2-4H2,1H3/t5?,7-,8-,9+,10+,11-,12-,13-,14-,15+,16+/m1/s1. The minimum Gasteiger partial charge on any atom is -0.394 e. The number of hydrogen-bond acceptors (Lipinski definition) is 13. The van der Waals surface area contributed by atoms with Crippen LogP contribution in [0, 0.1) is 0 Å². The lowest BCUT2D eigenvalue weighted by atomic mass is 9.97. The Morgan fingerprint density at radius 2 is 1.59 bits per heavy atom. The van der Waals surface area contributed by atoms with Crippen molar-refractivity contribution >= 4 is 5.78 Å². The average Bonchev–Trinajstić information content (AvgIpc) is 2.69. The molecular formula is C16H28O13. The van der Waals surface area contributed by atoms with Crippen LogP contribution in [0.5, 0.6) is 0 Å². The van der Waals surface area contributed by atoms with Crippen LogP contribution < -0.4 is 0 Å².